The van der Waals surface area contributed by atoms with E-state index < -0.39 is 0 Å². The number of fused-ring (bicyclic) bond motifs is 12. The molecule has 4 nitrogen and oxygen atoms in total. The van der Waals surface area contributed by atoms with Crippen molar-refractivity contribution in [3.8, 4) is 28.6 Å². The van der Waals surface area contributed by atoms with E-state index in [1.807, 2.05) is 6.07 Å². The molecular weight excluding hydrogens is 574 g/mol. The summed E-state index contributed by atoms with van der Waals surface area (Å²) in [6.07, 6.45) is 0. The van der Waals surface area contributed by atoms with E-state index in [1.165, 1.54) is 59.9 Å². The molecule has 10 aromatic rings. The summed E-state index contributed by atoms with van der Waals surface area (Å²) in [5.74, 6) is 1.74. The van der Waals surface area contributed by atoms with Gasteiger partial charge in [0.25, 0.3) is 0 Å². The van der Waals surface area contributed by atoms with Crippen LogP contribution in [-0.2, 0) is 0 Å². The molecule has 3 aromatic heterocycles. The minimum atomic E-state index is 0.867. The lowest BCUT2D eigenvalue weighted by Crippen LogP contribution is -2.04. The molecule has 0 unspecified atom stereocenters. The van der Waals surface area contributed by atoms with Crippen LogP contribution in [-0.4, -0.2) is 13.7 Å². The predicted molar refractivity (Wildman–Crippen MR) is 194 cm³/mol. The van der Waals surface area contributed by atoms with Crippen LogP contribution < -0.4 is 4.74 Å². The van der Waals surface area contributed by atoms with E-state index in [4.69, 9.17) is 4.74 Å². The Bertz CT molecular complexity index is 2940. The number of rotatable bonds is 2. The molecule has 0 atom stereocenters. The molecule has 0 fully saturated rings. The Labute approximate surface area is 269 Å². The summed E-state index contributed by atoms with van der Waals surface area (Å²) >= 11 is 0. The molecule has 0 bridgehead atoms. The molecule has 220 valence electrons. The predicted octanol–water partition coefficient (Wildman–Crippen LogP) is 11.4. The number of para-hydroxylation sites is 6. The van der Waals surface area contributed by atoms with Gasteiger partial charge in [0.15, 0.2) is 11.5 Å². The summed E-state index contributed by atoms with van der Waals surface area (Å²) in [6, 6.07) is 52.4. The van der Waals surface area contributed by atoms with E-state index >= 15 is 0 Å². The number of aromatic nitrogens is 3. The highest BCUT2D eigenvalue weighted by Crippen LogP contribution is 2.51. The lowest BCUT2D eigenvalue weighted by Gasteiger charge is -2.21. The van der Waals surface area contributed by atoms with Crippen LogP contribution in [0.1, 0.15) is 5.56 Å². The molecule has 4 heterocycles. The molecule has 0 aliphatic carbocycles. The van der Waals surface area contributed by atoms with Gasteiger partial charge in [0.05, 0.1) is 44.5 Å². The third kappa shape index (κ3) is 3.12. The van der Waals surface area contributed by atoms with Crippen LogP contribution in [0.25, 0.3) is 82.5 Å². The monoisotopic (exact) mass is 601 g/mol. The van der Waals surface area contributed by atoms with Gasteiger partial charge in [-0.2, -0.15) is 0 Å². The third-order valence-corrected chi connectivity index (χ3v) is 10.1. The number of hydrogen-bond acceptors (Lipinski definition) is 1. The molecule has 4 heteroatoms. The second kappa shape index (κ2) is 8.93. The normalized spacial score (nSPS) is 12.5. The van der Waals surface area contributed by atoms with E-state index in [0.29, 0.717) is 0 Å². The van der Waals surface area contributed by atoms with E-state index in [0.717, 1.165) is 39.6 Å². The van der Waals surface area contributed by atoms with Crippen LogP contribution in [0.2, 0.25) is 0 Å². The van der Waals surface area contributed by atoms with E-state index in [9.17, 15) is 0 Å². The van der Waals surface area contributed by atoms with Crippen LogP contribution in [0.5, 0.6) is 11.5 Å². The van der Waals surface area contributed by atoms with Gasteiger partial charge in [-0.3, -0.25) is 0 Å². The average molecular weight is 602 g/mol. The zero-order valence-electron chi connectivity index (χ0n) is 25.6. The van der Waals surface area contributed by atoms with Crippen molar-refractivity contribution in [3.05, 3.63) is 151 Å². The van der Waals surface area contributed by atoms with Gasteiger partial charge >= 0.3 is 0 Å². The van der Waals surface area contributed by atoms with Crippen LogP contribution >= 0.6 is 0 Å². The fourth-order valence-corrected chi connectivity index (χ4v) is 8.29. The molecule has 0 amide bonds. The SMILES string of the molecule is Cc1ccc(-n2c3ccccc3c3c4c5ccccc5n5c4c(cc32)Oc2ccccc2-5)c2c1c1ccccc1n2-c1ccccc1. The quantitative estimate of drug-likeness (QED) is 0.193. The van der Waals surface area contributed by atoms with Crippen molar-refractivity contribution in [1.82, 2.24) is 13.7 Å². The van der Waals surface area contributed by atoms with Gasteiger partial charge in [0.2, 0.25) is 0 Å². The molecule has 1 aliphatic heterocycles. The molecule has 0 spiro atoms. The number of aryl methyl sites for hydroxylation is 1. The number of benzene rings is 7. The number of nitrogens with zero attached hydrogens (tertiary/aromatic N) is 3. The van der Waals surface area contributed by atoms with E-state index in [2.05, 4.69) is 160 Å². The lowest BCUT2D eigenvalue weighted by molar-refractivity contribution is 0.477. The lowest BCUT2D eigenvalue weighted by atomic mass is 10.0. The van der Waals surface area contributed by atoms with Crippen molar-refractivity contribution >= 4 is 65.4 Å². The second-order valence-electron chi connectivity index (χ2n) is 12.6. The topological polar surface area (TPSA) is 24.0 Å². The maximum absolute atomic E-state index is 6.78. The zero-order valence-corrected chi connectivity index (χ0v) is 25.6. The first kappa shape index (κ1) is 25.0. The Morgan fingerprint density at radius 3 is 1.77 bits per heavy atom. The summed E-state index contributed by atoms with van der Waals surface area (Å²) in [4.78, 5) is 0. The van der Waals surface area contributed by atoms with Gasteiger partial charge < -0.3 is 18.4 Å². The number of hydrogen-bond donors (Lipinski definition) is 0. The Morgan fingerprint density at radius 2 is 1.00 bits per heavy atom. The Morgan fingerprint density at radius 1 is 0.404 bits per heavy atom. The molecule has 0 saturated carbocycles. The van der Waals surface area contributed by atoms with Gasteiger partial charge in [-0.15, -0.1) is 0 Å². The van der Waals surface area contributed by atoms with Crippen molar-refractivity contribution in [1.29, 1.82) is 0 Å². The fraction of sp³-hybridized carbons (Fsp3) is 0.0233. The minimum absolute atomic E-state index is 0.867. The van der Waals surface area contributed by atoms with Gasteiger partial charge in [-0.1, -0.05) is 91.0 Å². The summed E-state index contributed by atoms with van der Waals surface area (Å²) in [7, 11) is 0. The van der Waals surface area contributed by atoms with Crippen LogP contribution in [0, 0.1) is 6.92 Å². The summed E-state index contributed by atoms with van der Waals surface area (Å²) < 4.78 is 14.1. The Kier molecular flexibility index (Phi) is 4.75. The van der Waals surface area contributed by atoms with Gasteiger partial charge in [0.1, 0.15) is 0 Å². The minimum Gasteiger partial charge on any atom is -0.453 e. The first-order valence-electron chi connectivity index (χ1n) is 16.1. The third-order valence-electron chi connectivity index (χ3n) is 10.1. The maximum atomic E-state index is 6.78. The molecule has 0 saturated heterocycles. The molecule has 0 N–H and O–H groups in total. The highest BCUT2D eigenvalue weighted by molar-refractivity contribution is 6.31. The van der Waals surface area contributed by atoms with Gasteiger partial charge in [0, 0.05) is 44.1 Å². The smallest absolute Gasteiger partial charge is 0.154 e. The highest BCUT2D eigenvalue weighted by atomic mass is 16.5. The average Bonchev–Trinajstić information content (AvgIpc) is 3.77. The van der Waals surface area contributed by atoms with Gasteiger partial charge in [-0.25, -0.2) is 0 Å². The van der Waals surface area contributed by atoms with Crippen molar-refractivity contribution in [2.24, 2.45) is 0 Å². The molecule has 11 rings (SSSR count). The second-order valence-corrected chi connectivity index (χ2v) is 12.6. The highest BCUT2D eigenvalue weighted by Gasteiger charge is 2.29. The molecule has 7 aromatic carbocycles. The maximum Gasteiger partial charge on any atom is 0.154 e. The largest absolute Gasteiger partial charge is 0.453 e. The first-order chi connectivity index (χ1) is 23.3. The molecule has 0 radical (unpaired) electrons. The van der Waals surface area contributed by atoms with Crippen molar-refractivity contribution in [2.45, 2.75) is 6.92 Å². The Balaban J connectivity index is 1.38. The summed E-state index contributed by atoms with van der Waals surface area (Å²) in [5, 5.41) is 7.46. The van der Waals surface area contributed by atoms with Crippen molar-refractivity contribution in [3.63, 3.8) is 0 Å². The zero-order chi connectivity index (χ0) is 30.8. The molecule has 1 aliphatic rings. The van der Waals surface area contributed by atoms with Crippen LogP contribution in [0.3, 0.4) is 0 Å². The van der Waals surface area contributed by atoms with Crippen molar-refractivity contribution < 1.29 is 4.74 Å². The van der Waals surface area contributed by atoms with E-state index in [-0.39, 0.29) is 0 Å². The molecule has 47 heavy (non-hydrogen) atoms. The first-order valence-corrected chi connectivity index (χ1v) is 16.1. The van der Waals surface area contributed by atoms with Crippen LogP contribution in [0.15, 0.2) is 146 Å². The molecular formula is C43H27N3O. The summed E-state index contributed by atoms with van der Waals surface area (Å²) in [6.45, 7) is 2.23. The fourth-order valence-electron chi connectivity index (χ4n) is 8.29. The van der Waals surface area contributed by atoms with Gasteiger partial charge in [-0.05, 0) is 61.0 Å². The van der Waals surface area contributed by atoms with Crippen molar-refractivity contribution in [2.75, 3.05) is 0 Å². The standard InChI is InChI=1S/C43H27N3O/c1-26-23-24-35(42-39(26)28-15-5-8-18-31(28)44(42)27-13-3-2-4-14-27)45-32-19-9-6-16-29(32)40-36(45)25-38-43-41(40)30-17-7-10-20-33(30)46(43)34-21-11-12-22-37(34)47-38/h2-25H,1H3. The number of ether oxygens (including phenoxy) is 1. The van der Waals surface area contributed by atoms with E-state index in [1.54, 1.807) is 0 Å². The Hall–Kier alpha value is -6.26. The summed E-state index contributed by atoms with van der Waals surface area (Å²) in [5.41, 5.74) is 11.6. The van der Waals surface area contributed by atoms with Crippen LogP contribution in [0.4, 0.5) is 0 Å².